The van der Waals surface area contributed by atoms with Gasteiger partial charge in [-0.1, -0.05) is 0 Å². The fourth-order valence-corrected chi connectivity index (χ4v) is 0.833. The van der Waals surface area contributed by atoms with Gasteiger partial charge in [0.2, 0.25) is 5.96 Å². The molecule has 1 aromatic heterocycles. The van der Waals surface area contributed by atoms with E-state index >= 15 is 0 Å². The van der Waals surface area contributed by atoms with Crippen LogP contribution in [0.4, 0.5) is 0 Å². The summed E-state index contributed by atoms with van der Waals surface area (Å²) in [6, 6.07) is 3.17. The number of rotatable bonds is 2. The van der Waals surface area contributed by atoms with E-state index in [0.29, 0.717) is 0 Å². The minimum absolute atomic E-state index is 0.00456. The lowest BCUT2D eigenvalue weighted by Gasteiger charge is -1.97. The summed E-state index contributed by atoms with van der Waals surface area (Å²) in [6.07, 6.45) is 1.23. The van der Waals surface area contributed by atoms with Crippen molar-refractivity contribution in [3.05, 3.63) is 23.5 Å². The van der Waals surface area contributed by atoms with Crippen LogP contribution in [0.25, 0.3) is 0 Å². The maximum Gasteiger partial charge on any atom is 0.237 e. The molecular formula is C8H11N5O2. The third-order valence-electron chi connectivity index (χ3n) is 1.50. The van der Waals surface area contributed by atoms with E-state index in [1.807, 2.05) is 0 Å². The van der Waals surface area contributed by atoms with Gasteiger partial charge in [-0.2, -0.15) is 5.10 Å². The fraction of sp³-hybridized carbons (Fsp3) is 0.125. The fourth-order valence-electron chi connectivity index (χ4n) is 0.833. The van der Waals surface area contributed by atoms with Crippen molar-refractivity contribution >= 4 is 12.2 Å². The van der Waals surface area contributed by atoms with Gasteiger partial charge in [-0.15, -0.1) is 5.10 Å². The van der Waals surface area contributed by atoms with E-state index in [0.717, 1.165) is 5.69 Å². The number of guanidine groups is 1. The Morgan fingerprint density at radius 1 is 1.60 bits per heavy atom. The number of nitrogens with one attached hydrogen (secondary N) is 1. The van der Waals surface area contributed by atoms with E-state index in [1.165, 1.54) is 12.3 Å². The molecule has 1 heterocycles. The molecule has 0 aliphatic carbocycles. The number of pyridine rings is 1. The van der Waals surface area contributed by atoms with Crippen LogP contribution < -0.4 is 11.2 Å². The molecule has 0 fully saturated rings. The van der Waals surface area contributed by atoms with Gasteiger partial charge in [0.25, 0.3) is 0 Å². The van der Waals surface area contributed by atoms with Crippen molar-refractivity contribution in [1.29, 1.82) is 0 Å². The SMILES string of the molecule is Cc1ccc(O)c(/C=N/N=C(\N)NO)n1. The summed E-state index contributed by atoms with van der Waals surface area (Å²) in [5.74, 6) is -0.256. The van der Waals surface area contributed by atoms with Gasteiger partial charge in [0.15, 0.2) is 0 Å². The van der Waals surface area contributed by atoms with Gasteiger partial charge in [-0.05, 0) is 19.1 Å². The summed E-state index contributed by atoms with van der Waals surface area (Å²) in [4.78, 5) is 4.00. The van der Waals surface area contributed by atoms with Crippen LogP contribution in [-0.4, -0.2) is 27.5 Å². The molecule has 0 atom stereocenters. The molecule has 0 aliphatic heterocycles. The number of nitrogens with zero attached hydrogens (tertiary/aromatic N) is 3. The molecule has 0 saturated carbocycles. The minimum atomic E-state index is -0.251. The summed E-state index contributed by atoms with van der Waals surface area (Å²) in [7, 11) is 0. The molecule has 15 heavy (non-hydrogen) atoms. The number of aryl methyl sites for hydroxylation is 1. The van der Waals surface area contributed by atoms with Crippen molar-refractivity contribution in [3.63, 3.8) is 0 Å². The zero-order valence-electron chi connectivity index (χ0n) is 8.05. The Morgan fingerprint density at radius 3 is 3.00 bits per heavy atom. The second-order valence-corrected chi connectivity index (χ2v) is 2.70. The van der Waals surface area contributed by atoms with E-state index in [-0.39, 0.29) is 17.4 Å². The molecule has 1 aromatic rings. The molecule has 5 N–H and O–H groups in total. The third-order valence-corrected chi connectivity index (χ3v) is 1.50. The van der Waals surface area contributed by atoms with Crippen molar-refractivity contribution in [1.82, 2.24) is 10.5 Å². The van der Waals surface area contributed by atoms with Crippen LogP contribution in [0.2, 0.25) is 0 Å². The minimum Gasteiger partial charge on any atom is -0.506 e. The lowest BCUT2D eigenvalue weighted by atomic mass is 10.3. The van der Waals surface area contributed by atoms with E-state index in [4.69, 9.17) is 10.9 Å². The number of aromatic nitrogens is 1. The lowest BCUT2D eigenvalue weighted by Crippen LogP contribution is -2.27. The average Bonchev–Trinajstić information content (AvgIpc) is 2.23. The molecule has 0 radical (unpaired) electrons. The van der Waals surface area contributed by atoms with Crippen LogP contribution in [0.15, 0.2) is 22.3 Å². The van der Waals surface area contributed by atoms with E-state index in [2.05, 4.69) is 15.2 Å². The van der Waals surface area contributed by atoms with Crippen molar-refractivity contribution < 1.29 is 10.3 Å². The summed E-state index contributed by atoms with van der Waals surface area (Å²) in [5.41, 5.74) is 7.73. The Labute approximate surface area is 85.9 Å². The number of nitrogens with two attached hydrogens (primary N) is 1. The van der Waals surface area contributed by atoms with Crippen molar-refractivity contribution in [2.24, 2.45) is 15.9 Å². The summed E-state index contributed by atoms with van der Waals surface area (Å²) < 4.78 is 0. The summed E-state index contributed by atoms with van der Waals surface area (Å²) in [6.45, 7) is 1.78. The zero-order chi connectivity index (χ0) is 11.3. The Kier molecular flexibility index (Phi) is 3.58. The smallest absolute Gasteiger partial charge is 0.237 e. The molecule has 7 heteroatoms. The predicted octanol–water partition coefficient (Wildman–Crippen LogP) is -0.277. The average molecular weight is 209 g/mol. The normalized spacial score (nSPS) is 12.0. The number of hydrogen-bond donors (Lipinski definition) is 4. The monoisotopic (exact) mass is 209 g/mol. The third kappa shape index (κ3) is 3.24. The van der Waals surface area contributed by atoms with Gasteiger partial charge < -0.3 is 10.8 Å². The van der Waals surface area contributed by atoms with Gasteiger partial charge in [0.1, 0.15) is 11.4 Å². The largest absolute Gasteiger partial charge is 0.506 e. The molecule has 0 unspecified atom stereocenters. The first-order valence-corrected chi connectivity index (χ1v) is 4.06. The molecular weight excluding hydrogens is 198 g/mol. The van der Waals surface area contributed by atoms with E-state index in [9.17, 15) is 5.11 Å². The van der Waals surface area contributed by atoms with Gasteiger partial charge in [0, 0.05) is 5.69 Å². The molecule has 7 nitrogen and oxygen atoms in total. The second kappa shape index (κ2) is 4.91. The van der Waals surface area contributed by atoms with Gasteiger partial charge in [0.05, 0.1) is 6.21 Å². The highest BCUT2D eigenvalue weighted by Crippen LogP contribution is 2.11. The van der Waals surface area contributed by atoms with Gasteiger partial charge in [-0.25, -0.2) is 10.5 Å². The van der Waals surface area contributed by atoms with Crippen LogP contribution in [0.1, 0.15) is 11.4 Å². The van der Waals surface area contributed by atoms with Crippen molar-refractivity contribution in [3.8, 4) is 5.75 Å². The Hall–Kier alpha value is -2.15. The number of hydroxylamine groups is 1. The van der Waals surface area contributed by atoms with Crippen LogP contribution in [0, 0.1) is 6.92 Å². The van der Waals surface area contributed by atoms with Gasteiger partial charge in [-0.3, -0.25) is 5.21 Å². The molecule has 0 bridgehead atoms. The summed E-state index contributed by atoms with van der Waals surface area (Å²) >= 11 is 0. The van der Waals surface area contributed by atoms with Crippen LogP contribution in [0.5, 0.6) is 5.75 Å². The molecule has 1 rings (SSSR count). The highest BCUT2D eigenvalue weighted by Gasteiger charge is 1.98. The van der Waals surface area contributed by atoms with Gasteiger partial charge >= 0.3 is 0 Å². The Morgan fingerprint density at radius 2 is 2.33 bits per heavy atom. The van der Waals surface area contributed by atoms with E-state index < -0.39 is 0 Å². The van der Waals surface area contributed by atoms with E-state index in [1.54, 1.807) is 18.5 Å². The molecule has 0 spiro atoms. The first-order chi connectivity index (χ1) is 7.13. The Balaban J connectivity index is 2.84. The molecule has 80 valence electrons. The zero-order valence-corrected chi connectivity index (χ0v) is 8.05. The van der Waals surface area contributed by atoms with Crippen LogP contribution in [0.3, 0.4) is 0 Å². The standard InChI is InChI=1S/C8H11N5O2/c1-5-2-3-7(14)6(11-5)4-10-12-8(9)13-15/h2-4,14-15H,1H3,(H3,9,12,13)/b10-4+. The summed E-state index contributed by atoms with van der Waals surface area (Å²) in [5, 5.41) is 24.5. The molecule has 0 aromatic carbocycles. The first kappa shape index (κ1) is 10.9. The maximum absolute atomic E-state index is 9.36. The van der Waals surface area contributed by atoms with Crippen LogP contribution in [-0.2, 0) is 0 Å². The topological polar surface area (TPSA) is 116 Å². The Bertz CT molecular complexity index is 402. The first-order valence-electron chi connectivity index (χ1n) is 4.06. The lowest BCUT2D eigenvalue weighted by molar-refractivity contribution is 0.232. The van der Waals surface area contributed by atoms with Crippen LogP contribution >= 0.6 is 0 Å². The second-order valence-electron chi connectivity index (χ2n) is 2.70. The predicted molar refractivity (Wildman–Crippen MR) is 54.8 cm³/mol. The molecule has 0 aliphatic rings. The number of hydrogen-bond acceptors (Lipinski definition) is 5. The molecule has 0 amide bonds. The quantitative estimate of drug-likeness (QED) is 0.304. The molecule has 0 saturated heterocycles. The highest BCUT2D eigenvalue weighted by atomic mass is 16.5. The van der Waals surface area contributed by atoms with Crippen molar-refractivity contribution in [2.45, 2.75) is 6.92 Å². The highest BCUT2D eigenvalue weighted by molar-refractivity contribution is 5.82. The van der Waals surface area contributed by atoms with Crippen molar-refractivity contribution in [2.75, 3.05) is 0 Å². The maximum atomic E-state index is 9.36. The number of aromatic hydroxyl groups is 1.